The molecule has 152 valence electrons. The van der Waals surface area contributed by atoms with Gasteiger partial charge in [0.25, 0.3) is 5.91 Å². The van der Waals surface area contributed by atoms with E-state index in [1.807, 2.05) is 48.5 Å². The number of nitrogens with zero attached hydrogens (tertiary/aromatic N) is 2. The van der Waals surface area contributed by atoms with Crippen LogP contribution in [0.5, 0.6) is 0 Å². The SMILES string of the molecule is CC(C(=O)O)N(Cc1ccccc1)C(=O)C1CCN(C(=O)c2ccccc2)CC1. The van der Waals surface area contributed by atoms with E-state index in [0.29, 0.717) is 31.5 Å². The second-order valence-corrected chi connectivity index (χ2v) is 7.40. The lowest BCUT2D eigenvalue weighted by Gasteiger charge is -2.35. The van der Waals surface area contributed by atoms with E-state index in [9.17, 15) is 19.5 Å². The van der Waals surface area contributed by atoms with Crippen LogP contribution in [0.15, 0.2) is 60.7 Å². The molecule has 2 amide bonds. The van der Waals surface area contributed by atoms with Crippen molar-refractivity contribution < 1.29 is 19.5 Å². The number of rotatable bonds is 6. The van der Waals surface area contributed by atoms with Crippen LogP contribution in [0.2, 0.25) is 0 Å². The number of aliphatic carboxylic acids is 1. The first kappa shape index (κ1) is 20.6. The Kier molecular flexibility index (Phi) is 6.65. The van der Waals surface area contributed by atoms with Gasteiger partial charge in [-0.1, -0.05) is 48.5 Å². The fourth-order valence-electron chi connectivity index (χ4n) is 3.65. The smallest absolute Gasteiger partial charge is 0.326 e. The number of benzene rings is 2. The quantitative estimate of drug-likeness (QED) is 0.817. The van der Waals surface area contributed by atoms with Crippen molar-refractivity contribution >= 4 is 17.8 Å². The van der Waals surface area contributed by atoms with Crippen molar-refractivity contribution in [1.82, 2.24) is 9.80 Å². The van der Waals surface area contributed by atoms with Crippen LogP contribution >= 0.6 is 0 Å². The van der Waals surface area contributed by atoms with Gasteiger partial charge in [0, 0.05) is 31.1 Å². The number of carbonyl (C=O) groups excluding carboxylic acids is 2. The highest BCUT2D eigenvalue weighted by atomic mass is 16.4. The molecule has 6 nitrogen and oxygen atoms in total. The van der Waals surface area contributed by atoms with Crippen LogP contribution in [-0.2, 0) is 16.1 Å². The fourth-order valence-corrected chi connectivity index (χ4v) is 3.65. The molecule has 2 aromatic rings. The predicted octanol–water partition coefficient (Wildman–Crippen LogP) is 3.04. The number of hydrogen-bond acceptors (Lipinski definition) is 3. The molecule has 0 aromatic heterocycles. The number of likely N-dealkylation sites (tertiary alicyclic amines) is 1. The minimum atomic E-state index is -1.02. The van der Waals surface area contributed by atoms with Crippen LogP contribution in [0.3, 0.4) is 0 Å². The fraction of sp³-hybridized carbons (Fsp3) is 0.348. The summed E-state index contributed by atoms with van der Waals surface area (Å²) in [6.07, 6.45) is 1.07. The van der Waals surface area contributed by atoms with E-state index < -0.39 is 12.0 Å². The van der Waals surface area contributed by atoms with Gasteiger partial charge in [0.1, 0.15) is 6.04 Å². The lowest BCUT2D eigenvalue weighted by atomic mass is 9.94. The van der Waals surface area contributed by atoms with Crippen LogP contribution in [-0.4, -0.2) is 51.8 Å². The first-order valence-electron chi connectivity index (χ1n) is 9.89. The summed E-state index contributed by atoms with van der Waals surface area (Å²) in [5.41, 5.74) is 1.54. The monoisotopic (exact) mass is 394 g/mol. The Balaban J connectivity index is 1.66. The molecule has 3 rings (SSSR count). The Labute approximate surface area is 170 Å². The molecule has 0 aliphatic carbocycles. The van der Waals surface area contributed by atoms with Crippen molar-refractivity contribution in [2.24, 2.45) is 5.92 Å². The Hall–Kier alpha value is -3.15. The maximum absolute atomic E-state index is 13.2. The summed E-state index contributed by atoms with van der Waals surface area (Å²) in [5, 5.41) is 9.47. The molecule has 1 fully saturated rings. The molecule has 1 heterocycles. The molecule has 2 aromatic carbocycles. The van der Waals surface area contributed by atoms with Gasteiger partial charge in [0.15, 0.2) is 0 Å². The molecule has 0 saturated carbocycles. The van der Waals surface area contributed by atoms with Crippen LogP contribution in [0.4, 0.5) is 0 Å². The first-order chi connectivity index (χ1) is 14.0. The van der Waals surface area contributed by atoms with Crippen LogP contribution in [0, 0.1) is 5.92 Å². The zero-order chi connectivity index (χ0) is 20.8. The largest absolute Gasteiger partial charge is 0.480 e. The summed E-state index contributed by atoms with van der Waals surface area (Å²) < 4.78 is 0. The molecular formula is C23H26N2O4. The molecule has 1 atom stereocenters. The van der Waals surface area contributed by atoms with E-state index in [0.717, 1.165) is 5.56 Å². The van der Waals surface area contributed by atoms with Crippen molar-refractivity contribution in [2.75, 3.05) is 13.1 Å². The number of piperidine rings is 1. The number of carboxylic acid groups (broad SMARTS) is 1. The maximum atomic E-state index is 13.2. The number of amides is 2. The van der Waals surface area contributed by atoms with Gasteiger partial charge in [-0.3, -0.25) is 9.59 Å². The third kappa shape index (κ3) is 5.02. The van der Waals surface area contributed by atoms with Gasteiger partial charge >= 0.3 is 5.97 Å². The van der Waals surface area contributed by atoms with Crippen molar-refractivity contribution in [3.05, 3.63) is 71.8 Å². The van der Waals surface area contributed by atoms with E-state index in [1.54, 1.807) is 17.0 Å². The molecule has 0 spiro atoms. The predicted molar refractivity (Wildman–Crippen MR) is 109 cm³/mol. The lowest BCUT2D eigenvalue weighted by Crippen LogP contribution is -2.48. The summed E-state index contributed by atoms with van der Waals surface area (Å²) in [5.74, 6) is -1.49. The van der Waals surface area contributed by atoms with Gasteiger partial charge < -0.3 is 14.9 Å². The summed E-state index contributed by atoms with van der Waals surface area (Å²) in [6.45, 7) is 2.78. The number of hydrogen-bond donors (Lipinski definition) is 1. The van der Waals surface area contributed by atoms with E-state index >= 15 is 0 Å². The minimum Gasteiger partial charge on any atom is -0.480 e. The maximum Gasteiger partial charge on any atom is 0.326 e. The molecule has 29 heavy (non-hydrogen) atoms. The summed E-state index contributed by atoms with van der Waals surface area (Å²) in [4.78, 5) is 40.5. The van der Waals surface area contributed by atoms with Crippen LogP contribution < -0.4 is 0 Å². The Morgan fingerprint density at radius 3 is 2.10 bits per heavy atom. The highest BCUT2D eigenvalue weighted by Gasteiger charge is 2.34. The summed E-state index contributed by atoms with van der Waals surface area (Å²) >= 11 is 0. The molecular weight excluding hydrogens is 368 g/mol. The average molecular weight is 394 g/mol. The van der Waals surface area contributed by atoms with Gasteiger partial charge in [-0.15, -0.1) is 0 Å². The molecule has 1 saturated heterocycles. The van der Waals surface area contributed by atoms with Crippen molar-refractivity contribution in [3.63, 3.8) is 0 Å². The molecule has 6 heteroatoms. The minimum absolute atomic E-state index is 0.0310. The van der Waals surface area contributed by atoms with E-state index in [4.69, 9.17) is 0 Å². The third-order valence-electron chi connectivity index (χ3n) is 5.46. The standard InChI is InChI=1S/C23H26N2O4/c1-17(23(28)29)25(16-18-8-4-2-5-9-18)22(27)20-12-14-24(15-13-20)21(26)19-10-6-3-7-11-19/h2-11,17,20H,12-16H2,1H3,(H,28,29). The zero-order valence-electron chi connectivity index (χ0n) is 16.5. The summed E-state index contributed by atoms with van der Waals surface area (Å²) in [7, 11) is 0. The van der Waals surface area contributed by atoms with Crippen molar-refractivity contribution in [1.29, 1.82) is 0 Å². The van der Waals surface area contributed by atoms with Crippen LogP contribution in [0.25, 0.3) is 0 Å². The third-order valence-corrected chi connectivity index (χ3v) is 5.46. The topological polar surface area (TPSA) is 77.9 Å². The van der Waals surface area contributed by atoms with Gasteiger partial charge in [-0.2, -0.15) is 0 Å². The zero-order valence-corrected chi connectivity index (χ0v) is 16.5. The number of carboxylic acids is 1. The Bertz CT molecular complexity index is 846. The second-order valence-electron chi connectivity index (χ2n) is 7.40. The molecule has 1 aliphatic heterocycles. The Morgan fingerprint density at radius 2 is 1.55 bits per heavy atom. The normalized spacial score (nSPS) is 15.6. The van der Waals surface area contributed by atoms with E-state index in [2.05, 4.69) is 0 Å². The Morgan fingerprint density at radius 1 is 1.00 bits per heavy atom. The van der Waals surface area contributed by atoms with Gasteiger partial charge in [0.2, 0.25) is 5.91 Å². The van der Waals surface area contributed by atoms with Gasteiger partial charge in [-0.05, 0) is 37.5 Å². The first-order valence-corrected chi connectivity index (χ1v) is 9.89. The lowest BCUT2D eigenvalue weighted by molar-refractivity contribution is -0.152. The van der Waals surface area contributed by atoms with Crippen molar-refractivity contribution in [3.8, 4) is 0 Å². The van der Waals surface area contributed by atoms with Crippen LogP contribution in [0.1, 0.15) is 35.7 Å². The molecule has 1 unspecified atom stereocenters. The molecule has 0 radical (unpaired) electrons. The van der Waals surface area contributed by atoms with Crippen molar-refractivity contribution in [2.45, 2.75) is 32.4 Å². The highest BCUT2D eigenvalue weighted by molar-refractivity contribution is 5.94. The molecule has 1 aliphatic rings. The van der Waals surface area contributed by atoms with Gasteiger partial charge in [-0.25, -0.2) is 4.79 Å². The van der Waals surface area contributed by atoms with E-state index in [1.165, 1.54) is 11.8 Å². The average Bonchev–Trinajstić information content (AvgIpc) is 2.77. The molecule has 1 N–H and O–H groups in total. The summed E-state index contributed by atoms with van der Waals surface area (Å²) in [6, 6.07) is 17.6. The van der Waals surface area contributed by atoms with E-state index in [-0.39, 0.29) is 24.3 Å². The molecule has 0 bridgehead atoms. The van der Waals surface area contributed by atoms with Gasteiger partial charge in [0.05, 0.1) is 0 Å². The number of carbonyl (C=O) groups is 3. The second kappa shape index (κ2) is 9.37. The highest BCUT2D eigenvalue weighted by Crippen LogP contribution is 2.23.